The highest BCUT2D eigenvalue weighted by Gasteiger charge is 2.20. The molecule has 5 heteroatoms. The lowest BCUT2D eigenvalue weighted by molar-refractivity contribution is 0.0932. The van der Waals surface area contributed by atoms with Crippen LogP contribution in [0.5, 0.6) is 0 Å². The number of nitrogens with one attached hydrogen (secondary N) is 2. The zero-order valence-electron chi connectivity index (χ0n) is 17.1. The number of hydrogen-bond donors (Lipinski definition) is 2. The van der Waals surface area contributed by atoms with E-state index in [1.54, 1.807) is 6.20 Å². The Morgan fingerprint density at radius 2 is 2.18 bits per heavy atom. The molecule has 1 aliphatic rings. The van der Waals surface area contributed by atoms with E-state index in [1.807, 2.05) is 43.5 Å². The summed E-state index contributed by atoms with van der Waals surface area (Å²) in [6, 6.07) is 9.84. The summed E-state index contributed by atoms with van der Waals surface area (Å²) in [5.74, 6) is 0.576. The molecule has 5 nitrogen and oxygen atoms in total. The molecule has 0 saturated carbocycles. The van der Waals surface area contributed by atoms with E-state index in [-0.39, 0.29) is 5.91 Å². The molecule has 1 atom stereocenters. The van der Waals surface area contributed by atoms with Gasteiger partial charge in [-0.05, 0) is 74.5 Å². The first-order chi connectivity index (χ1) is 13.7. The molecule has 1 aromatic heterocycles. The third kappa shape index (κ3) is 5.55. The number of carbonyl (C=O) groups excluding carboxylic acids is 1. The van der Waals surface area contributed by atoms with E-state index in [4.69, 9.17) is 0 Å². The topological polar surface area (TPSA) is 57.3 Å². The van der Waals surface area contributed by atoms with Crippen molar-refractivity contribution >= 4 is 11.6 Å². The number of hydrogen-bond acceptors (Lipinski definition) is 4. The summed E-state index contributed by atoms with van der Waals surface area (Å²) in [6.07, 6.45) is 7.25. The lowest BCUT2D eigenvalue weighted by atomic mass is 9.97. The van der Waals surface area contributed by atoms with E-state index < -0.39 is 0 Å². The second kappa shape index (κ2) is 10.2. The highest BCUT2D eigenvalue weighted by molar-refractivity contribution is 5.97. The van der Waals surface area contributed by atoms with E-state index in [9.17, 15) is 4.79 Å². The predicted octanol–water partition coefficient (Wildman–Crippen LogP) is 3.85. The lowest BCUT2D eigenvalue weighted by Gasteiger charge is -2.32. The summed E-state index contributed by atoms with van der Waals surface area (Å²) in [6.45, 7) is 9.13. The van der Waals surface area contributed by atoms with Crippen LogP contribution in [0.25, 0.3) is 0 Å². The number of nitrogens with zero attached hydrogens (tertiary/aromatic N) is 2. The smallest absolute Gasteiger partial charge is 0.251 e. The van der Waals surface area contributed by atoms with Gasteiger partial charge in [0.25, 0.3) is 5.91 Å². The minimum absolute atomic E-state index is 0.0233. The van der Waals surface area contributed by atoms with Crippen LogP contribution in [0.1, 0.15) is 47.7 Å². The monoisotopic (exact) mass is 380 g/mol. The van der Waals surface area contributed by atoms with Gasteiger partial charge in [-0.15, -0.1) is 0 Å². The maximum absolute atomic E-state index is 12.8. The molecule has 150 valence electrons. The van der Waals surface area contributed by atoms with Crippen LogP contribution in [0, 0.1) is 12.8 Å². The van der Waals surface area contributed by atoms with Crippen LogP contribution in [0.15, 0.2) is 42.7 Å². The van der Waals surface area contributed by atoms with Gasteiger partial charge >= 0.3 is 0 Å². The number of likely N-dealkylation sites (tertiary alicyclic amines) is 1. The number of pyridine rings is 1. The normalized spacial score (nSPS) is 17.3. The summed E-state index contributed by atoms with van der Waals surface area (Å²) < 4.78 is 0. The van der Waals surface area contributed by atoms with E-state index in [0.29, 0.717) is 12.5 Å². The Morgan fingerprint density at radius 3 is 2.96 bits per heavy atom. The number of benzene rings is 1. The Bertz CT molecular complexity index is 760. The molecule has 0 aliphatic carbocycles. The average Bonchev–Trinajstić information content (AvgIpc) is 2.72. The Labute approximate surface area is 168 Å². The Balaban J connectivity index is 1.56. The largest absolute Gasteiger partial charge is 0.381 e. The van der Waals surface area contributed by atoms with E-state index in [2.05, 4.69) is 27.4 Å². The fraction of sp³-hybridized carbons (Fsp3) is 0.478. The van der Waals surface area contributed by atoms with Gasteiger partial charge in [0.1, 0.15) is 0 Å². The van der Waals surface area contributed by atoms with Crippen LogP contribution in [0.4, 0.5) is 5.69 Å². The highest BCUT2D eigenvalue weighted by atomic mass is 16.1. The maximum atomic E-state index is 12.8. The number of rotatable bonds is 8. The van der Waals surface area contributed by atoms with Gasteiger partial charge in [0.05, 0.1) is 0 Å². The molecule has 1 aliphatic heterocycles. The Morgan fingerprint density at radius 1 is 1.29 bits per heavy atom. The SMILES string of the molecule is CCCN1CCC[C@H](CNC(=O)c2cccc(NCc3cccnc3)c2C)C1. The number of aromatic nitrogens is 1. The molecule has 0 bridgehead atoms. The van der Waals surface area contributed by atoms with Gasteiger partial charge in [-0.1, -0.05) is 19.1 Å². The lowest BCUT2D eigenvalue weighted by Crippen LogP contribution is -2.41. The first-order valence-electron chi connectivity index (χ1n) is 10.4. The average molecular weight is 381 g/mol. The van der Waals surface area contributed by atoms with Gasteiger partial charge in [0, 0.05) is 43.3 Å². The van der Waals surface area contributed by atoms with Crippen LogP contribution in [0.2, 0.25) is 0 Å². The molecule has 1 amide bonds. The third-order valence-electron chi connectivity index (χ3n) is 5.48. The first kappa shape index (κ1) is 20.3. The van der Waals surface area contributed by atoms with Crippen LogP contribution in [0.3, 0.4) is 0 Å². The number of piperidine rings is 1. The summed E-state index contributed by atoms with van der Waals surface area (Å²) in [7, 11) is 0. The molecular weight excluding hydrogens is 348 g/mol. The molecule has 1 fully saturated rings. The van der Waals surface area contributed by atoms with Crippen molar-refractivity contribution in [1.82, 2.24) is 15.2 Å². The van der Waals surface area contributed by atoms with Crippen LogP contribution in [-0.4, -0.2) is 42.0 Å². The number of amides is 1. The van der Waals surface area contributed by atoms with E-state index in [1.165, 1.54) is 25.8 Å². The van der Waals surface area contributed by atoms with E-state index >= 15 is 0 Å². The van der Waals surface area contributed by atoms with Gasteiger partial charge in [0.2, 0.25) is 0 Å². The van der Waals surface area contributed by atoms with Crippen molar-refractivity contribution in [1.29, 1.82) is 0 Å². The van der Waals surface area contributed by atoms with Crippen molar-refractivity contribution in [2.45, 2.75) is 39.7 Å². The van der Waals surface area contributed by atoms with Gasteiger partial charge in [-0.25, -0.2) is 0 Å². The first-order valence-corrected chi connectivity index (χ1v) is 10.4. The van der Waals surface area contributed by atoms with Crippen molar-refractivity contribution in [3.63, 3.8) is 0 Å². The van der Waals surface area contributed by atoms with Crippen LogP contribution < -0.4 is 10.6 Å². The van der Waals surface area contributed by atoms with Crippen molar-refractivity contribution in [3.8, 4) is 0 Å². The molecule has 0 spiro atoms. The quantitative estimate of drug-likeness (QED) is 0.730. The maximum Gasteiger partial charge on any atom is 0.251 e. The van der Waals surface area contributed by atoms with Crippen LogP contribution >= 0.6 is 0 Å². The zero-order chi connectivity index (χ0) is 19.8. The van der Waals surface area contributed by atoms with E-state index in [0.717, 1.165) is 42.0 Å². The third-order valence-corrected chi connectivity index (χ3v) is 5.48. The zero-order valence-corrected chi connectivity index (χ0v) is 17.1. The minimum atomic E-state index is 0.0233. The van der Waals surface area contributed by atoms with Gasteiger partial charge in [-0.3, -0.25) is 9.78 Å². The highest BCUT2D eigenvalue weighted by Crippen LogP contribution is 2.20. The standard InChI is InChI=1S/C23H32N4O/c1-3-12-27-13-6-8-20(17-27)16-26-23(28)21-9-4-10-22(18(21)2)25-15-19-7-5-11-24-14-19/h4-5,7,9-11,14,20,25H,3,6,8,12-13,15-17H2,1-2H3,(H,26,28)/t20-/m1/s1. The molecular formula is C23H32N4O. The summed E-state index contributed by atoms with van der Waals surface area (Å²) in [4.78, 5) is 19.4. The fourth-order valence-corrected chi connectivity index (χ4v) is 3.94. The molecule has 0 unspecified atom stereocenters. The summed E-state index contributed by atoms with van der Waals surface area (Å²) in [5.41, 5.74) is 3.84. The molecule has 0 radical (unpaired) electrons. The number of anilines is 1. The van der Waals surface area contributed by atoms with Crippen molar-refractivity contribution < 1.29 is 4.79 Å². The number of carbonyl (C=O) groups is 1. The molecule has 1 saturated heterocycles. The predicted molar refractivity (Wildman–Crippen MR) is 115 cm³/mol. The van der Waals surface area contributed by atoms with Crippen LogP contribution in [-0.2, 0) is 6.54 Å². The molecule has 2 heterocycles. The molecule has 3 rings (SSSR count). The van der Waals surface area contributed by atoms with Gasteiger partial charge < -0.3 is 15.5 Å². The van der Waals surface area contributed by atoms with Gasteiger partial charge in [0.15, 0.2) is 0 Å². The molecule has 2 N–H and O–H groups in total. The van der Waals surface area contributed by atoms with Crippen molar-refractivity contribution in [2.24, 2.45) is 5.92 Å². The van der Waals surface area contributed by atoms with Crippen molar-refractivity contribution in [3.05, 3.63) is 59.4 Å². The second-order valence-corrected chi connectivity index (χ2v) is 7.71. The molecule has 1 aromatic carbocycles. The van der Waals surface area contributed by atoms with Gasteiger partial charge in [-0.2, -0.15) is 0 Å². The minimum Gasteiger partial charge on any atom is -0.381 e. The molecule has 28 heavy (non-hydrogen) atoms. The Hall–Kier alpha value is -2.40. The second-order valence-electron chi connectivity index (χ2n) is 7.71. The Kier molecular flexibility index (Phi) is 7.43. The van der Waals surface area contributed by atoms with Crippen molar-refractivity contribution in [2.75, 3.05) is 31.5 Å². The summed E-state index contributed by atoms with van der Waals surface area (Å²) >= 11 is 0. The summed E-state index contributed by atoms with van der Waals surface area (Å²) in [5, 5.41) is 6.59. The fourth-order valence-electron chi connectivity index (χ4n) is 3.94. The molecule has 2 aromatic rings.